The number of carbonyl (C=O) groups is 1. The molecule has 0 bridgehead atoms. The summed E-state index contributed by atoms with van der Waals surface area (Å²) in [6, 6.07) is 7.59. The van der Waals surface area contributed by atoms with Gasteiger partial charge in [0.05, 0.1) is 17.6 Å². The largest absolute Gasteiger partial charge is 0.481 e. The van der Waals surface area contributed by atoms with Crippen LogP contribution in [0.15, 0.2) is 28.7 Å². The van der Waals surface area contributed by atoms with E-state index in [4.69, 9.17) is 9.31 Å². The lowest BCUT2D eigenvalue weighted by Crippen LogP contribution is -2.41. The molecule has 0 spiro atoms. The summed E-state index contributed by atoms with van der Waals surface area (Å²) < 4.78 is 12.9. The second-order valence-corrected chi connectivity index (χ2v) is 7.20. The highest BCUT2D eigenvalue weighted by molar-refractivity contribution is 9.10. The molecule has 1 heterocycles. The van der Waals surface area contributed by atoms with E-state index in [0.29, 0.717) is 0 Å². The first kappa shape index (κ1) is 16.5. The van der Waals surface area contributed by atoms with Gasteiger partial charge in [0, 0.05) is 10.3 Å². The maximum atomic E-state index is 11.2. The Hall–Kier alpha value is -0.845. The molecule has 0 aliphatic carbocycles. The van der Waals surface area contributed by atoms with E-state index in [-0.39, 0.29) is 12.2 Å². The van der Waals surface area contributed by atoms with Crippen molar-refractivity contribution in [2.45, 2.75) is 51.1 Å². The number of carboxylic acid groups (broad SMARTS) is 1. The number of rotatable bonds is 4. The quantitative estimate of drug-likeness (QED) is 0.838. The minimum atomic E-state index is -0.870. The van der Waals surface area contributed by atoms with Crippen LogP contribution in [0.4, 0.5) is 0 Å². The van der Waals surface area contributed by atoms with Crippen LogP contribution < -0.4 is 0 Å². The molecule has 4 nitrogen and oxygen atoms in total. The third-order valence-electron chi connectivity index (χ3n) is 4.30. The predicted molar refractivity (Wildman–Crippen MR) is 85.2 cm³/mol. The van der Waals surface area contributed by atoms with E-state index in [2.05, 4.69) is 15.9 Å². The van der Waals surface area contributed by atoms with E-state index in [1.165, 1.54) is 0 Å². The number of benzene rings is 1. The van der Waals surface area contributed by atoms with Gasteiger partial charge in [0.15, 0.2) is 0 Å². The first-order chi connectivity index (χ1) is 9.64. The number of aliphatic carboxylic acids is 1. The lowest BCUT2D eigenvalue weighted by Gasteiger charge is -2.32. The van der Waals surface area contributed by atoms with Gasteiger partial charge in [-0.15, -0.1) is 0 Å². The summed E-state index contributed by atoms with van der Waals surface area (Å²) in [4.78, 5) is 11.2. The maximum absolute atomic E-state index is 11.2. The minimum Gasteiger partial charge on any atom is -0.481 e. The topological polar surface area (TPSA) is 55.8 Å². The van der Waals surface area contributed by atoms with Crippen LogP contribution in [0.25, 0.3) is 0 Å². The van der Waals surface area contributed by atoms with Gasteiger partial charge in [0.25, 0.3) is 0 Å². The second kappa shape index (κ2) is 5.74. The molecule has 114 valence electrons. The Morgan fingerprint density at radius 3 is 2.24 bits per heavy atom. The van der Waals surface area contributed by atoms with Crippen molar-refractivity contribution in [2.75, 3.05) is 0 Å². The van der Waals surface area contributed by atoms with Gasteiger partial charge < -0.3 is 14.4 Å². The average Bonchev–Trinajstić information content (AvgIpc) is 2.56. The molecule has 6 heteroatoms. The summed E-state index contributed by atoms with van der Waals surface area (Å²) in [6.45, 7) is 7.85. The molecule has 1 aliphatic heterocycles. The first-order valence-corrected chi connectivity index (χ1v) is 7.75. The lowest BCUT2D eigenvalue weighted by molar-refractivity contribution is -0.137. The number of hydrogen-bond acceptors (Lipinski definition) is 3. The summed E-state index contributed by atoms with van der Waals surface area (Å²) in [5.41, 5.74) is -0.0656. The molecule has 0 aromatic heterocycles. The molecule has 0 amide bonds. The van der Waals surface area contributed by atoms with Crippen LogP contribution in [0.3, 0.4) is 0 Å². The zero-order chi connectivity index (χ0) is 15.8. The fraction of sp³-hybridized carbons (Fsp3) is 0.533. The molecule has 2 rings (SSSR count). The first-order valence-electron chi connectivity index (χ1n) is 6.96. The van der Waals surface area contributed by atoms with E-state index in [1.54, 1.807) is 0 Å². The SMILES string of the molecule is CC1(C)OB(C(CC(=O)O)c2ccccc2Br)OC1(C)C. The van der Waals surface area contributed by atoms with Gasteiger partial charge >= 0.3 is 13.1 Å². The van der Waals surface area contributed by atoms with Crippen molar-refractivity contribution in [3.63, 3.8) is 0 Å². The normalized spacial score (nSPS) is 21.3. The summed E-state index contributed by atoms with van der Waals surface area (Å²) in [7, 11) is -0.579. The van der Waals surface area contributed by atoms with E-state index in [0.717, 1.165) is 10.0 Å². The smallest absolute Gasteiger partial charge is 0.466 e. The summed E-state index contributed by atoms with van der Waals surface area (Å²) >= 11 is 3.49. The van der Waals surface area contributed by atoms with Gasteiger partial charge in [-0.25, -0.2) is 0 Å². The van der Waals surface area contributed by atoms with Gasteiger partial charge in [-0.2, -0.15) is 0 Å². The van der Waals surface area contributed by atoms with Crippen LogP contribution in [0.2, 0.25) is 0 Å². The fourth-order valence-corrected chi connectivity index (χ4v) is 2.95. The third-order valence-corrected chi connectivity index (χ3v) is 5.02. The van der Waals surface area contributed by atoms with Crippen molar-refractivity contribution in [1.29, 1.82) is 0 Å². The Balaban J connectivity index is 2.35. The van der Waals surface area contributed by atoms with Crippen molar-refractivity contribution in [3.8, 4) is 0 Å². The van der Waals surface area contributed by atoms with Crippen LogP contribution in [-0.2, 0) is 14.1 Å². The molecule has 1 unspecified atom stereocenters. The zero-order valence-electron chi connectivity index (χ0n) is 12.7. The van der Waals surface area contributed by atoms with Crippen LogP contribution in [0.1, 0.15) is 45.5 Å². The van der Waals surface area contributed by atoms with E-state index < -0.39 is 24.3 Å². The standard InChI is InChI=1S/C15H20BBrO4/c1-14(2)15(3,4)21-16(20-14)11(9-13(18)19)10-7-5-6-8-12(10)17/h5-8,11H,9H2,1-4H3,(H,18,19). The maximum Gasteiger partial charge on any atom is 0.466 e. The van der Waals surface area contributed by atoms with E-state index in [9.17, 15) is 9.90 Å². The lowest BCUT2D eigenvalue weighted by atomic mass is 9.66. The van der Waals surface area contributed by atoms with Crippen molar-refractivity contribution in [1.82, 2.24) is 0 Å². The second-order valence-electron chi connectivity index (χ2n) is 6.35. The Morgan fingerprint density at radius 2 is 1.76 bits per heavy atom. The van der Waals surface area contributed by atoms with Gasteiger partial charge in [0.2, 0.25) is 0 Å². The fourth-order valence-electron chi connectivity index (χ4n) is 2.37. The molecule has 1 N–H and O–H groups in total. The molecule has 21 heavy (non-hydrogen) atoms. The third kappa shape index (κ3) is 3.33. The van der Waals surface area contributed by atoms with Crippen LogP contribution >= 0.6 is 15.9 Å². The number of halogens is 1. The minimum absolute atomic E-state index is 0.0422. The number of carboxylic acids is 1. The van der Waals surface area contributed by atoms with Crippen molar-refractivity contribution < 1.29 is 19.2 Å². The Morgan fingerprint density at radius 1 is 1.24 bits per heavy atom. The summed E-state index contributed by atoms with van der Waals surface area (Å²) in [6.07, 6.45) is -0.0422. The molecular formula is C15H20BBrO4. The van der Waals surface area contributed by atoms with Crippen molar-refractivity contribution in [3.05, 3.63) is 34.3 Å². The molecule has 1 saturated heterocycles. The monoisotopic (exact) mass is 354 g/mol. The Kier molecular flexibility index (Phi) is 4.52. The highest BCUT2D eigenvalue weighted by Crippen LogP contribution is 2.42. The molecule has 1 atom stereocenters. The van der Waals surface area contributed by atoms with Crippen molar-refractivity contribution in [2.24, 2.45) is 0 Å². The van der Waals surface area contributed by atoms with Crippen LogP contribution in [-0.4, -0.2) is 29.4 Å². The van der Waals surface area contributed by atoms with Gasteiger partial charge in [-0.05, 0) is 39.3 Å². The molecule has 1 fully saturated rings. The Bertz CT molecular complexity index is 528. The van der Waals surface area contributed by atoms with E-state index in [1.807, 2.05) is 52.0 Å². The highest BCUT2D eigenvalue weighted by Gasteiger charge is 2.54. The van der Waals surface area contributed by atoms with Crippen LogP contribution in [0.5, 0.6) is 0 Å². The van der Waals surface area contributed by atoms with Crippen LogP contribution in [0, 0.1) is 0 Å². The van der Waals surface area contributed by atoms with E-state index >= 15 is 0 Å². The Labute approximate surface area is 134 Å². The van der Waals surface area contributed by atoms with Crippen molar-refractivity contribution >= 4 is 29.0 Å². The molecule has 0 radical (unpaired) electrons. The number of hydrogen-bond donors (Lipinski definition) is 1. The molecule has 0 saturated carbocycles. The van der Waals surface area contributed by atoms with Gasteiger partial charge in [0.1, 0.15) is 0 Å². The summed E-state index contributed by atoms with van der Waals surface area (Å²) in [5.74, 6) is -1.23. The highest BCUT2D eigenvalue weighted by atomic mass is 79.9. The molecular weight excluding hydrogens is 335 g/mol. The molecule has 1 aromatic rings. The zero-order valence-corrected chi connectivity index (χ0v) is 14.3. The predicted octanol–water partition coefficient (Wildman–Crippen LogP) is 3.64. The van der Waals surface area contributed by atoms with Gasteiger partial charge in [-0.3, -0.25) is 4.79 Å². The molecule has 1 aliphatic rings. The summed E-state index contributed by atoms with van der Waals surface area (Å²) in [5, 5.41) is 9.23. The average molecular weight is 355 g/mol. The van der Waals surface area contributed by atoms with Gasteiger partial charge in [-0.1, -0.05) is 34.1 Å². The molecule has 1 aromatic carbocycles.